The first kappa shape index (κ1) is 17.3. The van der Waals surface area contributed by atoms with Crippen LogP contribution in [0.15, 0.2) is 60.1 Å². The normalized spacial score (nSPS) is 10.9. The lowest BCUT2D eigenvalue weighted by Crippen LogP contribution is -2.11. The average molecular weight is 377 g/mol. The van der Waals surface area contributed by atoms with E-state index in [0.717, 1.165) is 27.7 Å². The summed E-state index contributed by atoms with van der Waals surface area (Å²) in [6.07, 6.45) is 2.04. The highest BCUT2D eigenvalue weighted by atomic mass is 32.1. The Morgan fingerprint density at radius 2 is 1.89 bits per heavy atom. The molecule has 27 heavy (non-hydrogen) atoms. The van der Waals surface area contributed by atoms with Gasteiger partial charge in [0.05, 0.1) is 12.3 Å². The zero-order valence-corrected chi connectivity index (χ0v) is 15.9. The summed E-state index contributed by atoms with van der Waals surface area (Å²) < 4.78 is 7.48. The SMILES string of the molecule is CCOc1ccc(C(=O)Nc2ccc(-c3cn4c(C)csc4n3)cc2)cc1. The lowest BCUT2D eigenvalue weighted by atomic mass is 10.1. The van der Waals surface area contributed by atoms with E-state index < -0.39 is 0 Å². The van der Waals surface area contributed by atoms with Crippen LogP contribution >= 0.6 is 11.3 Å². The van der Waals surface area contributed by atoms with Crippen molar-refractivity contribution in [2.24, 2.45) is 0 Å². The molecular weight excluding hydrogens is 358 g/mol. The number of benzene rings is 2. The van der Waals surface area contributed by atoms with Crippen molar-refractivity contribution < 1.29 is 9.53 Å². The molecule has 1 N–H and O–H groups in total. The number of hydrogen-bond donors (Lipinski definition) is 1. The Hall–Kier alpha value is -3.12. The Balaban J connectivity index is 1.47. The molecule has 0 saturated carbocycles. The number of anilines is 1. The number of fused-ring (bicyclic) bond motifs is 1. The molecule has 2 aromatic heterocycles. The van der Waals surface area contributed by atoms with E-state index in [1.54, 1.807) is 35.6 Å². The van der Waals surface area contributed by atoms with E-state index in [-0.39, 0.29) is 5.91 Å². The van der Waals surface area contributed by atoms with Gasteiger partial charge in [0.25, 0.3) is 5.91 Å². The molecular formula is C21H19N3O2S. The second-order valence-corrected chi connectivity index (χ2v) is 6.98. The van der Waals surface area contributed by atoms with E-state index in [2.05, 4.69) is 27.0 Å². The molecule has 4 rings (SSSR count). The molecule has 4 aromatic rings. The minimum absolute atomic E-state index is 0.149. The van der Waals surface area contributed by atoms with E-state index >= 15 is 0 Å². The molecule has 0 unspecified atom stereocenters. The van der Waals surface area contributed by atoms with Crippen LogP contribution in [0.25, 0.3) is 16.2 Å². The Bertz CT molecular complexity index is 1080. The summed E-state index contributed by atoms with van der Waals surface area (Å²) in [6.45, 7) is 4.60. The monoisotopic (exact) mass is 377 g/mol. The van der Waals surface area contributed by atoms with Crippen LogP contribution in [0.4, 0.5) is 5.69 Å². The van der Waals surface area contributed by atoms with Crippen molar-refractivity contribution in [1.82, 2.24) is 9.38 Å². The summed E-state index contributed by atoms with van der Waals surface area (Å²) in [5, 5.41) is 5.00. The molecule has 2 heterocycles. The number of thiazole rings is 1. The van der Waals surface area contributed by atoms with Crippen molar-refractivity contribution >= 4 is 27.9 Å². The second-order valence-electron chi connectivity index (χ2n) is 6.14. The van der Waals surface area contributed by atoms with E-state index in [1.807, 2.05) is 37.4 Å². The zero-order valence-electron chi connectivity index (χ0n) is 15.1. The number of ether oxygens (including phenoxy) is 1. The summed E-state index contributed by atoms with van der Waals surface area (Å²) in [7, 11) is 0. The molecule has 0 atom stereocenters. The Morgan fingerprint density at radius 3 is 2.56 bits per heavy atom. The van der Waals surface area contributed by atoms with Gasteiger partial charge < -0.3 is 10.1 Å². The summed E-state index contributed by atoms with van der Waals surface area (Å²) in [6, 6.07) is 14.8. The van der Waals surface area contributed by atoms with Gasteiger partial charge in [-0.1, -0.05) is 12.1 Å². The van der Waals surface area contributed by atoms with E-state index in [4.69, 9.17) is 4.74 Å². The number of amides is 1. The number of carbonyl (C=O) groups excluding carboxylic acids is 1. The maximum atomic E-state index is 12.4. The van der Waals surface area contributed by atoms with Gasteiger partial charge in [-0.25, -0.2) is 4.98 Å². The van der Waals surface area contributed by atoms with Crippen LogP contribution in [0.1, 0.15) is 23.0 Å². The lowest BCUT2D eigenvalue weighted by Gasteiger charge is -2.07. The molecule has 0 aliphatic rings. The molecule has 5 nitrogen and oxygen atoms in total. The highest BCUT2D eigenvalue weighted by Gasteiger charge is 2.09. The van der Waals surface area contributed by atoms with Crippen molar-refractivity contribution in [2.45, 2.75) is 13.8 Å². The van der Waals surface area contributed by atoms with Gasteiger partial charge in [-0.3, -0.25) is 9.20 Å². The largest absolute Gasteiger partial charge is 0.494 e. The lowest BCUT2D eigenvalue weighted by molar-refractivity contribution is 0.102. The summed E-state index contributed by atoms with van der Waals surface area (Å²) >= 11 is 1.63. The van der Waals surface area contributed by atoms with Crippen LogP contribution in [0.5, 0.6) is 5.75 Å². The van der Waals surface area contributed by atoms with Crippen LogP contribution in [0, 0.1) is 6.92 Å². The maximum Gasteiger partial charge on any atom is 0.255 e. The van der Waals surface area contributed by atoms with Gasteiger partial charge in [0.1, 0.15) is 5.75 Å². The molecule has 2 aromatic carbocycles. The van der Waals surface area contributed by atoms with Crippen molar-refractivity contribution in [3.63, 3.8) is 0 Å². The number of rotatable bonds is 5. The van der Waals surface area contributed by atoms with Crippen LogP contribution in [0.2, 0.25) is 0 Å². The predicted molar refractivity (Wildman–Crippen MR) is 109 cm³/mol. The highest BCUT2D eigenvalue weighted by Crippen LogP contribution is 2.25. The van der Waals surface area contributed by atoms with Crippen LogP contribution in [-0.2, 0) is 0 Å². The van der Waals surface area contributed by atoms with Gasteiger partial charge in [0, 0.05) is 34.1 Å². The number of aromatic nitrogens is 2. The number of nitrogens with one attached hydrogen (secondary N) is 1. The van der Waals surface area contributed by atoms with Crippen molar-refractivity contribution in [1.29, 1.82) is 0 Å². The van der Waals surface area contributed by atoms with Gasteiger partial charge in [-0.05, 0) is 50.2 Å². The quantitative estimate of drug-likeness (QED) is 0.531. The number of hydrogen-bond acceptors (Lipinski definition) is 4. The third-order valence-electron chi connectivity index (χ3n) is 4.25. The first-order chi connectivity index (χ1) is 13.1. The minimum Gasteiger partial charge on any atom is -0.494 e. The molecule has 0 spiro atoms. The van der Waals surface area contributed by atoms with E-state index in [9.17, 15) is 4.79 Å². The Labute approximate surface area is 161 Å². The number of aryl methyl sites for hydroxylation is 1. The summed E-state index contributed by atoms with van der Waals surface area (Å²) in [5.41, 5.74) is 4.45. The Kier molecular flexibility index (Phi) is 4.64. The van der Waals surface area contributed by atoms with Gasteiger partial charge in [0.15, 0.2) is 4.96 Å². The summed E-state index contributed by atoms with van der Waals surface area (Å²) in [4.78, 5) is 18.0. The van der Waals surface area contributed by atoms with Crippen molar-refractivity contribution in [3.8, 4) is 17.0 Å². The van der Waals surface area contributed by atoms with Crippen LogP contribution in [-0.4, -0.2) is 21.9 Å². The predicted octanol–water partition coefficient (Wildman–Crippen LogP) is 5.02. The van der Waals surface area contributed by atoms with Crippen molar-refractivity contribution in [2.75, 3.05) is 11.9 Å². The van der Waals surface area contributed by atoms with Crippen LogP contribution in [0.3, 0.4) is 0 Å². The average Bonchev–Trinajstić information content (AvgIpc) is 3.25. The van der Waals surface area contributed by atoms with Gasteiger partial charge in [-0.2, -0.15) is 0 Å². The molecule has 0 aliphatic heterocycles. The number of imidazole rings is 1. The minimum atomic E-state index is -0.149. The highest BCUT2D eigenvalue weighted by molar-refractivity contribution is 7.15. The molecule has 0 aliphatic carbocycles. The first-order valence-corrected chi connectivity index (χ1v) is 9.60. The number of carbonyl (C=O) groups is 1. The molecule has 0 bridgehead atoms. The van der Waals surface area contributed by atoms with Gasteiger partial charge >= 0.3 is 0 Å². The van der Waals surface area contributed by atoms with Crippen LogP contribution < -0.4 is 10.1 Å². The topological polar surface area (TPSA) is 55.6 Å². The van der Waals surface area contributed by atoms with Crippen molar-refractivity contribution in [3.05, 3.63) is 71.4 Å². The third-order valence-corrected chi connectivity index (χ3v) is 5.21. The van der Waals surface area contributed by atoms with Gasteiger partial charge in [-0.15, -0.1) is 11.3 Å². The second kappa shape index (κ2) is 7.25. The molecule has 6 heteroatoms. The van der Waals surface area contributed by atoms with E-state index in [1.165, 1.54) is 5.69 Å². The fourth-order valence-corrected chi connectivity index (χ4v) is 3.68. The Morgan fingerprint density at radius 1 is 1.15 bits per heavy atom. The first-order valence-electron chi connectivity index (χ1n) is 8.72. The molecule has 1 amide bonds. The fraction of sp³-hybridized carbons (Fsp3) is 0.143. The fourth-order valence-electron chi connectivity index (χ4n) is 2.83. The molecule has 0 saturated heterocycles. The molecule has 0 fully saturated rings. The third kappa shape index (κ3) is 3.57. The molecule has 136 valence electrons. The maximum absolute atomic E-state index is 12.4. The molecule has 0 radical (unpaired) electrons. The zero-order chi connectivity index (χ0) is 18.8. The smallest absolute Gasteiger partial charge is 0.255 e. The summed E-state index contributed by atoms with van der Waals surface area (Å²) in [5.74, 6) is 0.609. The van der Waals surface area contributed by atoms with Gasteiger partial charge in [0.2, 0.25) is 0 Å². The van der Waals surface area contributed by atoms with E-state index in [0.29, 0.717) is 12.2 Å². The number of nitrogens with zero attached hydrogens (tertiary/aromatic N) is 2. The standard InChI is InChI=1S/C21H19N3O2S/c1-3-26-18-10-6-16(7-11-18)20(25)22-17-8-4-15(5-9-17)19-12-24-14(2)13-27-21(24)23-19/h4-13H,3H2,1-2H3,(H,22,25).